The molecule has 4 nitrogen and oxygen atoms in total. The van der Waals surface area contributed by atoms with Crippen molar-refractivity contribution in [3.63, 3.8) is 0 Å². The number of rotatable bonds is 4. The number of hydrogen-bond donors (Lipinski definition) is 0. The molecule has 24 heavy (non-hydrogen) atoms. The lowest BCUT2D eigenvalue weighted by Crippen LogP contribution is -2.04. The zero-order valence-corrected chi connectivity index (χ0v) is 14.9. The van der Waals surface area contributed by atoms with E-state index in [1.165, 1.54) is 22.0 Å². The van der Waals surface area contributed by atoms with Crippen LogP contribution in [0.4, 0.5) is 0 Å². The molecule has 2 aromatic carbocycles. The Balaban J connectivity index is 1.60. The highest BCUT2D eigenvalue weighted by atomic mass is 32.2. The Morgan fingerprint density at radius 2 is 1.96 bits per heavy atom. The maximum atomic E-state index is 12.5. The van der Waals surface area contributed by atoms with E-state index < -0.39 is 0 Å². The third-order valence-corrected chi connectivity index (χ3v) is 6.01. The van der Waals surface area contributed by atoms with Crippen LogP contribution in [-0.4, -0.2) is 26.1 Å². The molecule has 0 aliphatic heterocycles. The van der Waals surface area contributed by atoms with Gasteiger partial charge in [0.2, 0.25) is 4.96 Å². The molecule has 0 bridgehead atoms. The van der Waals surface area contributed by atoms with Crippen molar-refractivity contribution in [1.29, 1.82) is 0 Å². The lowest BCUT2D eigenvalue weighted by Gasteiger charge is -2.04. The highest BCUT2D eigenvalue weighted by molar-refractivity contribution is 7.99. The summed E-state index contributed by atoms with van der Waals surface area (Å²) in [5.41, 5.74) is 4.17. The van der Waals surface area contributed by atoms with Gasteiger partial charge in [0.1, 0.15) is 0 Å². The molecule has 4 rings (SSSR count). The number of ketones is 1. The van der Waals surface area contributed by atoms with Crippen molar-refractivity contribution in [3.8, 4) is 0 Å². The van der Waals surface area contributed by atoms with E-state index in [-0.39, 0.29) is 5.78 Å². The van der Waals surface area contributed by atoms with Crippen molar-refractivity contribution in [2.24, 2.45) is 0 Å². The summed E-state index contributed by atoms with van der Waals surface area (Å²) >= 11 is 3.04. The number of Topliss-reactive ketones (excluding diaryl/α,β-unsaturated/α-hetero) is 1. The Morgan fingerprint density at radius 3 is 2.79 bits per heavy atom. The van der Waals surface area contributed by atoms with Gasteiger partial charge in [-0.15, -0.1) is 10.2 Å². The molecule has 2 heterocycles. The van der Waals surface area contributed by atoms with Crippen molar-refractivity contribution in [2.75, 3.05) is 5.75 Å². The van der Waals surface area contributed by atoms with E-state index >= 15 is 0 Å². The Bertz CT molecular complexity index is 1060. The summed E-state index contributed by atoms with van der Waals surface area (Å²) in [6.07, 6.45) is 0. The maximum Gasteiger partial charge on any atom is 0.217 e. The SMILES string of the molecule is Cc1ccc(C(=O)CSc2nnc3sc4ccccc4n23)cc1C. The molecule has 0 fully saturated rings. The van der Waals surface area contributed by atoms with Gasteiger partial charge in [0, 0.05) is 5.56 Å². The number of carbonyl (C=O) groups excluding carboxylic acids is 1. The molecule has 0 N–H and O–H groups in total. The van der Waals surface area contributed by atoms with Gasteiger partial charge in [-0.1, -0.05) is 47.4 Å². The van der Waals surface area contributed by atoms with E-state index in [4.69, 9.17) is 0 Å². The van der Waals surface area contributed by atoms with Crippen LogP contribution in [0.15, 0.2) is 47.6 Å². The van der Waals surface area contributed by atoms with E-state index in [9.17, 15) is 4.79 Å². The van der Waals surface area contributed by atoms with E-state index in [0.29, 0.717) is 5.75 Å². The van der Waals surface area contributed by atoms with Crippen molar-refractivity contribution >= 4 is 44.1 Å². The molecule has 0 aliphatic carbocycles. The fourth-order valence-electron chi connectivity index (χ4n) is 2.58. The number of thioether (sulfide) groups is 1. The van der Waals surface area contributed by atoms with Crippen LogP contribution in [0.25, 0.3) is 15.2 Å². The highest BCUT2D eigenvalue weighted by Gasteiger charge is 2.15. The Labute approximate surface area is 147 Å². The summed E-state index contributed by atoms with van der Waals surface area (Å²) in [7, 11) is 0. The zero-order chi connectivity index (χ0) is 16.7. The first-order chi connectivity index (χ1) is 11.6. The van der Waals surface area contributed by atoms with Gasteiger partial charge < -0.3 is 0 Å². The quantitative estimate of drug-likeness (QED) is 0.399. The lowest BCUT2D eigenvalue weighted by atomic mass is 10.0. The molecule has 4 aromatic rings. The van der Waals surface area contributed by atoms with Crippen molar-refractivity contribution in [1.82, 2.24) is 14.6 Å². The van der Waals surface area contributed by atoms with Gasteiger partial charge in [0.15, 0.2) is 10.9 Å². The first kappa shape index (κ1) is 15.4. The third-order valence-electron chi connectivity index (χ3n) is 4.07. The van der Waals surface area contributed by atoms with Crippen molar-refractivity contribution in [3.05, 3.63) is 59.2 Å². The molecule has 2 aromatic heterocycles. The predicted octanol–water partition coefficient (Wildman–Crippen LogP) is 4.54. The van der Waals surface area contributed by atoms with Gasteiger partial charge >= 0.3 is 0 Å². The summed E-state index contributed by atoms with van der Waals surface area (Å²) in [5, 5.41) is 9.23. The second-order valence-electron chi connectivity index (χ2n) is 5.68. The topological polar surface area (TPSA) is 47.3 Å². The fourth-order valence-corrected chi connectivity index (χ4v) is 4.44. The minimum Gasteiger partial charge on any atom is -0.293 e. The monoisotopic (exact) mass is 353 g/mol. The average Bonchev–Trinajstić information content (AvgIpc) is 3.14. The number of thiazole rings is 1. The van der Waals surface area contributed by atoms with Gasteiger partial charge in [-0.3, -0.25) is 9.20 Å². The fraction of sp³-hybridized carbons (Fsp3) is 0.167. The van der Waals surface area contributed by atoms with Gasteiger partial charge in [0.25, 0.3) is 0 Å². The molecule has 6 heteroatoms. The van der Waals surface area contributed by atoms with Crippen LogP contribution in [0.5, 0.6) is 0 Å². The summed E-state index contributed by atoms with van der Waals surface area (Å²) in [5.74, 6) is 0.465. The van der Waals surface area contributed by atoms with E-state index in [0.717, 1.165) is 26.8 Å². The molecule has 0 saturated carbocycles. The standard InChI is InChI=1S/C18H15N3OS2/c1-11-7-8-13(9-12(11)2)15(22)10-23-17-19-20-18-21(17)14-5-3-4-6-16(14)24-18/h3-9H,10H2,1-2H3. The molecule has 0 spiro atoms. The van der Waals surface area contributed by atoms with E-state index in [1.54, 1.807) is 11.3 Å². The highest BCUT2D eigenvalue weighted by Crippen LogP contribution is 2.29. The second kappa shape index (κ2) is 6.03. The molecule has 0 aliphatic rings. The first-order valence-electron chi connectivity index (χ1n) is 7.59. The average molecular weight is 353 g/mol. The van der Waals surface area contributed by atoms with Gasteiger partial charge in [-0.2, -0.15) is 0 Å². The summed E-state index contributed by atoms with van der Waals surface area (Å²) in [6.45, 7) is 4.08. The van der Waals surface area contributed by atoms with Gasteiger partial charge in [-0.25, -0.2) is 0 Å². The summed E-state index contributed by atoms with van der Waals surface area (Å²) in [4.78, 5) is 13.3. The Kier molecular flexibility index (Phi) is 3.86. The zero-order valence-electron chi connectivity index (χ0n) is 13.3. The van der Waals surface area contributed by atoms with Gasteiger partial charge in [-0.05, 0) is 43.2 Å². The first-order valence-corrected chi connectivity index (χ1v) is 9.39. The molecular weight excluding hydrogens is 338 g/mol. The molecular formula is C18H15N3OS2. The number of fused-ring (bicyclic) bond motifs is 3. The number of aryl methyl sites for hydroxylation is 2. The lowest BCUT2D eigenvalue weighted by molar-refractivity contribution is 0.102. The molecule has 0 radical (unpaired) electrons. The van der Waals surface area contributed by atoms with Crippen LogP contribution in [0.3, 0.4) is 0 Å². The predicted molar refractivity (Wildman–Crippen MR) is 99.3 cm³/mol. The van der Waals surface area contributed by atoms with E-state index in [1.807, 2.05) is 48.6 Å². The van der Waals surface area contributed by atoms with Crippen molar-refractivity contribution < 1.29 is 4.79 Å². The summed E-state index contributed by atoms with van der Waals surface area (Å²) < 4.78 is 3.20. The Hall–Kier alpha value is -2.18. The maximum absolute atomic E-state index is 12.5. The smallest absolute Gasteiger partial charge is 0.217 e. The number of benzene rings is 2. The van der Waals surface area contributed by atoms with Crippen LogP contribution in [0.2, 0.25) is 0 Å². The van der Waals surface area contributed by atoms with Gasteiger partial charge in [0.05, 0.1) is 16.0 Å². The summed E-state index contributed by atoms with van der Waals surface area (Å²) in [6, 6.07) is 14.0. The minimum absolute atomic E-state index is 0.111. The third kappa shape index (κ3) is 2.61. The molecule has 0 amide bonds. The van der Waals surface area contributed by atoms with Crippen molar-refractivity contribution in [2.45, 2.75) is 19.0 Å². The van der Waals surface area contributed by atoms with Crippen LogP contribution in [0, 0.1) is 13.8 Å². The number of aromatic nitrogens is 3. The Morgan fingerprint density at radius 1 is 1.12 bits per heavy atom. The van der Waals surface area contributed by atoms with Crippen LogP contribution in [0.1, 0.15) is 21.5 Å². The molecule has 0 unspecified atom stereocenters. The van der Waals surface area contributed by atoms with E-state index in [2.05, 4.69) is 22.3 Å². The normalized spacial score (nSPS) is 11.4. The van der Waals surface area contributed by atoms with Crippen LogP contribution < -0.4 is 0 Å². The van der Waals surface area contributed by atoms with Crippen LogP contribution in [-0.2, 0) is 0 Å². The minimum atomic E-state index is 0.111. The molecule has 120 valence electrons. The number of nitrogens with zero attached hydrogens (tertiary/aromatic N) is 3. The number of carbonyl (C=O) groups is 1. The second-order valence-corrected chi connectivity index (χ2v) is 7.63. The molecule has 0 saturated heterocycles. The molecule has 0 atom stereocenters. The number of hydrogen-bond acceptors (Lipinski definition) is 5. The van der Waals surface area contributed by atoms with Crippen LogP contribution >= 0.6 is 23.1 Å². The largest absolute Gasteiger partial charge is 0.293 e. The number of para-hydroxylation sites is 1.